The highest BCUT2D eigenvalue weighted by molar-refractivity contribution is 5.70. The molecule has 0 spiro atoms. The molecule has 0 aromatic carbocycles. The molecule has 0 heterocycles. The Balaban J connectivity index is 4.25. The second-order valence-electron chi connectivity index (χ2n) is 20.9. The summed E-state index contributed by atoms with van der Waals surface area (Å²) in [5.41, 5.74) is 0. The van der Waals surface area contributed by atoms with Crippen molar-refractivity contribution in [2.45, 2.75) is 335 Å². The Morgan fingerprint density at radius 1 is 0.329 bits per heavy atom. The number of hydrogen-bond acceptors (Lipinski definition) is 5. The summed E-state index contributed by atoms with van der Waals surface area (Å²) in [7, 11) is 0. The largest absolute Gasteiger partial charge is 0.462 e. The molecule has 0 aliphatic heterocycles. The van der Waals surface area contributed by atoms with Gasteiger partial charge in [-0.3, -0.25) is 9.59 Å². The summed E-state index contributed by atoms with van der Waals surface area (Å²) in [5.74, 6) is -0.383. The molecule has 0 aromatic heterocycles. The first-order valence-corrected chi connectivity index (χ1v) is 31.2. The van der Waals surface area contributed by atoms with Crippen molar-refractivity contribution in [1.82, 2.24) is 0 Å². The van der Waals surface area contributed by atoms with Crippen molar-refractivity contribution in [2.75, 3.05) is 19.8 Å². The summed E-state index contributed by atoms with van der Waals surface area (Å²) in [6.45, 7) is 7.76. The lowest BCUT2D eigenvalue weighted by molar-refractivity contribution is -0.163. The molecule has 0 amide bonds. The van der Waals surface area contributed by atoms with Crippen LogP contribution in [-0.2, 0) is 23.8 Å². The number of esters is 2. The van der Waals surface area contributed by atoms with Gasteiger partial charge in [0.15, 0.2) is 6.10 Å². The first kappa shape index (κ1) is 67.9. The number of ether oxygens (including phenoxy) is 3. The zero-order valence-corrected chi connectivity index (χ0v) is 47.3. The van der Waals surface area contributed by atoms with Crippen LogP contribution in [-0.4, -0.2) is 37.9 Å². The molecule has 1 unspecified atom stereocenters. The number of hydrogen-bond donors (Lipinski definition) is 0. The van der Waals surface area contributed by atoms with Crippen LogP contribution < -0.4 is 0 Å². The van der Waals surface area contributed by atoms with Crippen molar-refractivity contribution in [1.29, 1.82) is 0 Å². The van der Waals surface area contributed by atoms with Crippen molar-refractivity contribution < 1.29 is 23.8 Å². The molecule has 0 saturated carbocycles. The number of rotatable bonds is 58. The minimum Gasteiger partial charge on any atom is -0.462 e. The molecule has 0 saturated heterocycles. The number of carbonyl (C=O) groups excluding carboxylic acids is 2. The van der Waals surface area contributed by atoms with Gasteiger partial charge in [0.1, 0.15) is 6.61 Å². The van der Waals surface area contributed by atoms with Crippen molar-refractivity contribution in [2.24, 2.45) is 0 Å². The minimum absolute atomic E-state index is 0.0856. The molecule has 0 radical (unpaired) electrons. The fourth-order valence-corrected chi connectivity index (χ4v) is 9.23. The maximum absolute atomic E-state index is 12.9. The van der Waals surface area contributed by atoms with E-state index in [0.717, 1.165) is 57.8 Å². The Labute approximate surface area is 437 Å². The van der Waals surface area contributed by atoms with Gasteiger partial charge in [0.2, 0.25) is 0 Å². The highest BCUT2D eigenvalue weighted by Crippen LogP contribution is 2.17. The molecule has 0 rings (SSSR count). The van der Waals surface area contributed by atoms with Crippen LogP contribution in [0.1, 0.15) is 329 Å². The summed E-state index contributed by atoms with van der Waals surface area (Å²) in [5, 5.41) is 0. The van der Waals surface area contributed by atoms with E-state index < -0.39 is 6.10 Å². The summed E-state index contributed by atoms with van der Waals surface area (Å²) in [6.07, 6.45) is 77.1. The highest BCUT2D eigenvalue weighted by atomic mass is 16.6. The van der Waals surface area contributed by atoms with E-state index >= 15 is 0 Å². The average Bonchev–Trinajstić information content (AvgIpc) is 3.36. The van der Waals surface area contributed by atoms with E-state index in [1.54, 1.807) is 0 Å². The van der Waals surface area contributed by atoms with Crippen LogP contribution in [0.25, 0.3) is 0 Å². The SMILES string of the molecule is CC/C=C\C/C=C\C/C=C\CCCCCCCCCCOCC(COC(=O)CCCCCCCCCCC/C=C\CCCCCCCC)OC(=O)CCCCCCCCCCCCCCCCCCC. The van der Waals surface area contributed by atoms with E-state index in [9.17, 15) is 9.59 Å². The third-order valence-corrected chi connectivity index (χ3v) is 13.8. The van der Waals surface area contributed by atoms with E-state index in [4.69, 9.17) is 14.2 Å². The fourth-order valence-electron chi connectivity index (χ4n) is 9.23. The molecule has 1 atom stereocenters. The Kier molecular flexibility index (Phi) is 59.3. The molecule has 410 valence electrons. The van der Waals surface area contributed by atoms with Gasteiger partial charge in [-0.05, 0) is 77.0 Å². The Bertz CT molecular complexity index is 1150. The maximum atomic E-state index is 12.9. The van der Waals surface area contributed by atoms with Crippen molar-refractivity contribution in [3.8, 4) is 0 Å². The first-order valence-electron chi connectivity index (χ1n) is 31.2. The van der Waals surface area contributed by atoms with Gasteiger partial charge in [0.25, 0.3) is 0 Å². The Morgan fingerprint density at radius 3 is 1.04 bits per heavy atom. The topological polar surface area (TPSA) is 61.8 Å². The predicted molar refractivity (Wildman–Crippen MR) is 307 cm³/mol. The summed E-state index contributed by atoms with van der Waals surface area (Å²) in [6, 6.07) is 0. The predicted octanol–water partition coefficient (Wildman–Crippen LogP) is 21.5. The van der Waals surface area contributed by atoms with Crippen LogP contribution in [0, 0.1) is 0 Å². The van der Waals surface area contributed by atoms with Crippen LogP contribution in [0.4, 0.5) is 0 Å². The van der Waals surface area contributed by atoms with E-state index in [-0.39, 0.29) is 25.2 Å². The third-order valence-electron chi connectivity index (χ3n) is 13.8. The second-order valence-corrected chi connectivity index (χ2v) is 20.9. The van der Waals surface area contributed by atoms with Gasteiger partial charge in [-0.1, -0.05) is 288 Å². The smallest absolute Gasteiger partial charge is 0.306 e. The van der Waals surface area contributed by atoms with Crippen LogP contribution in [0.15, 0.2) is 48.6 Å². The fraction of sp³-hybridized carbons (Fsp3) is 0.846. The molecule has 0 bridgehead atoms. The van der Waals surface area contributed by atoms with Gasteiger partial charge in [-0.15, -0.1) is 0 Å². The Morgan fingerprint density at radius 2 is 0.643 bits per heavy atom. The van der Waals surface area contributed by atoms with Gasteiger partial charge in [-0.2, -0.15) is 0 Å². The van der Waals surface area contributed by atoms with E-state index in [2.05, 4.69) is 69.4 Å². The maximum Gasteiger partial charge on any atom is 0.306 e. The van der Waals surface area contributed by atoms with Crippen molar-refractivity contribution in [3.05, 3.63) is 48.6 Å². The van der Waals surface area contributed by atoms with Gasteiger partial charge in [-0.25, -0.2) is 0 Å². The van der Waals surface area contributed by atoms with Crippen molar-refractivity contribution >= 4 is 11.9 Å². The van der Waals surface area contributed by atoms with Gasteiger partial charge in [0, 0.05) is 19.4 Å². The van der Waals surface area contributed by atoms with Crippen LogP contribution >= 0.6 is 0 Å². The zero-order chi connectivity index (χ0) is 50.6. The standard InChI is InChI=1S/C65H120O5/c1-4-7-10-13-16-19-22-25-28-31-33-35-37-40-43-46-49-52-55-58-64(66)69-62-63(61-68-60-57-54-51-48-45-42-39-36-32-29-26-23-20-17-14-11-8-5-2)70-65(67)59-56-53-50-47-44-41-38-34-30-27-24-21-18-15-12-9-6-3/h8,11,17,20,25-26,28-29,63H,4-7,9-10,12-16,18-19,21-24,27,30-62H2,1-3H3/b11-8-,20-17-,28-25-,29-26-. The molecule has 0 aliphatic rings. The lowest BCUT2D eigenvalue weighted by atomic mass is 10.0. The van der Waals surface area contributed by atoms with Crippen LogP contribution in [0.3, 0.4) is 0 Å². The van der Waals surface area contributed by atoms with E-state index in [1.807, 2.05) is 0 Å². The van der Waals surface area contributed by atoms with Gasteiger partial charge >= 0.3 is 11.9 Å². The summed E-state index contributed by atoms with van der Waals surface area (Å²) < 4.78 is 17.5. The van der Waals surface area contributed by atoms with E-state index in [0.29, 0.717) is 19.4 Å². The molecule has 0 aliphatic carbocycles. The normalized spacial score (nSPS) is 12.4. The van der Waals surface area contributed by atoms with Gasteiger partial charge < -0.3 is 14.2 Å². The van der Waals surface area contributed by atoms with Crippen LogP contribution in [0.5, 0.6) is 0 Å². The monoisotopic (exact) mass is 981 g/mol. The summed E-state index contributed by atoms with van der Waals surface area (Å²) in [4.78, 5) is 25.6. The Hall–Kier alpha value is -2.14. The molecule has 0 aromatic rings. The molecule has 5 heteroatoms. The number of unbranched alkanes of at least 4 members (excludes halogenated alkanes) is 39. The molecule has 0 N–H and O–H groups in total. The molecule has 0 fully saturated rings. The lowest BCUT2D eigenvalue weighted by Crippen LogP contribution is -2.30. The molecular formula is C65H120O5. The third kappa shape index (κ3) is 58.4. The lowest BCUT2D eigenvalue weighted by Gasteiger charge is -2.18. The van der Waals surface area contributed by atoms with Gasteiger partial charge in [0.05, 0.1) is 6.61 Å². The summed E-state index contributed by atoms with van der Waals surface area (Å²) >= 11 is 0. The molecule has 5 nitrogen and oxygen atoms in total. The van der Waals surface area contributed by atoms with E-state index in [1.165, 1.54) is 238 Å². The molecular weight excluding hydrogens is 861 g/mol. The zero-order valence-electron chi connectivity index (χ0n) is 47.3. The number of allylic oxidation sites excluding steroid dienone is 8. The number of carbonyl (C=O) groups is 2. The minimum atomic E-state index is -0.539. The first-order chi connectivity index (χ1) is 34.6. The highest BCUT2D eigenvalue weighted by Gasteiger charge is 2.18. The second kappa shape index (κ2) is 61.2. The molecule has 70 heavy (non-hydrogen) atoms. The average molecular weight is 982 g/mol. The quantitative estimate of drug-likeness (QED) is 0.0345. The van der Waals surface area contributed by atoms with Crippen LogP contribution in [0.2, 0.25) is 0 Å². The van der Waals surface area contributed by atoms with Crippen molar-refractivity contribution in [3.63, 3.8) is 0 Å².